The van der Waals surface area contributed by atoms with Crippen LogP contribution < -0.4 is 16.0 Å². The quantitative estimate of drug-likeness (QED) is 0.607. The summed E-state index contributed by atoms with van der Waals surface area (Å²) in [5, 5.41) is 0. The number of methoxy groups -OCH3 is 1. The Kier molecular flexibility index (Phi) is 5.78. The molecule has 0 fully saturated rings. The van der Waals surface area contributed by atoms with Crippen LogP contribution in [-0.2, 0) is 19.3 Å². The second kappa shape index (κ2) is 7.81. The number of ether oxygens (including phenoxy) is 1. The molecule has 3 N–H and O–H groups in total. The first-order chi connectivity index (χ1) is 10.2. The highest BCUT2D eigenvalue weighted by molar-refractivity contribution is 5.29. The maximum Gasteiger partial charge on any atom is 0.119 e. The molecule has 21 heavy (non-hydrogen) atoms. The van der Waals surface area contributed by atoms with E-state index in [-0.39, 0.29) is 6.04 Å². The fourth-order valence-electron chi connectivity index (χ4n) is 2.47. The third kappa shape index (κ3) is 4.59. The average Bonchev–Trinajstić information content (AvgIpc) is 2.55. The number of nitrogens with two attached hydrogens (primary N) is 1. The van der Waals surface area contributed by atoms with Crippen LogP contribution in [0.5, 0.6) is 5.75 Å². The van der Waals surface area contributed by atoms with E-state index < -0.39 is 0 Å². The van der Waals surface area contributed by atoms with Gasteiger partial charge in [0.05, 0.1) is 7.11 Å². The van der Waals surface area contributed by atoms with Gasteiger partial charge in [-0.1, -0.05) is 43.3 Å². The number of nitrogens with one attached hydrogen (secondary N) is 1. The van der Waals surface area contributed by atoms with Gasteiger partial charge in [0, 0.05) is 6.04 Å². The Balaban J connectivity index is 2.01. The topological polar surface area (TPSA) is 47.3 Å². The lowest BCUT2D eigenvalue weighted by Crippen LogP contribution is -2.38. The standard InChI is InChI=1S/C18H24N2O/c1-3-14-7-9-15(10-8-14)11-17(20-19)12-16-5-4-6-18(13-16)21-2/h4-10,13,17,20H,3,11-12,19H2,1-2H3. The van der Waals surface area contributed by atoms with Gasteiger partial charge in [-0.2, -0.15) is 0 Å². The van der Waals surface area contributed by atoms with E-state index >= 15 is 0 Å². The molecular weight excluding hydrogens is 260 g/mol. The molecule has 3 heteroatoms. The van der Waals surface area contributed by atoms with E-state index in [1.807, 2.05) is 12.1 Å². The molecular formula is C18H24N2O. The van der Waals surface area contributed by atoms with Crippen molar-refractivity contribution < 1.29 is 4.74 Å². The SMILES string of the molecule is CCc1ccc(CC(Cc2cccc(OC)c2)NN)cc1. The molecule has 2 aromatic carbocycles. The summed E-state index contributed by atoms with van der Waals surface area (Å²) < 4.78 is 5.26. The molecule has 0 amide bonds. The summed E-state index contributed by atoms with van der Waals surface area (Å²) >= 11 is 0. The summed E-state index contributed by atoms with van der Waals surface area (Å²) in [6, 6.07) is 17.1. The first kappa shape index (κ1) is 15.5. The summed E-state index contributed by atoms with van der Waals surface area (Å²) in [5.41, 5.74) is 6.82. The summed E-state index contributed by atoms with van der Waals surface area (Å²) in [6.45, 7) is 2.17. The third-order valence-electron chi connectivity index (χ3n) is 3.77. The fourth-order valence-corrected chi connectivity index (χ4v) is 2.47. The second-order valence-corrected chi connectivity index (χ2v) is 5.29. The zero-order chi connectivity index (χ0) is 15.1. The highest BCUT2D eigenvalue weighted by Gasteiger charge is 2.09. The Hall–Kier alpha value is -1.84. The van der Waals surface area contributed by atoms with E-state index in [0.717, 1.165) is 25.0 Å². The van der Waals surface area contributed by atoms with Crippen LogP contribution in [0.3, 0.4) is 0 Å². The van der Waals surface area contributed by atoms with E-state index in [9.17, 15) is 0 Å². The predicted molar refractivity (Wildman–Crippen MR) is 87.3 cm³/mol. The molecule has 0 heterocycles. The smallest absolute Gasteiger partial charge is 0.119 e. The van der Waals surface area contributed by atoms with Crippen molar-refractivity contribution in [1.82, 2.24) is 5.43 Å². The van der Waals surface area contributed by atoms with Gasteiger partial charge in [-0.3, -0.25) is 11.3 Å². The van der Waals surface area contributed by atoms with Gasteiger partial charge in [-0.05, 0) is 48.1 Å². The summed E-state index contributed by atoms with van der Waals surface area (Å²) in [4.78, 5) is 0. The Morgan fingerprint density at radius 1 is 1.00 bits per heavy atom. The molecule has 2 rings (SSSR count). The van der Waals surface area contributed by atoms with Crippen molar-refractivity contribution in [2.24, 2.45) is 5.84 Å². The van der Waals surface area contributed by atoms with Gasteiger partial charge in [-0.15, -0.1) is 0 Å². The Morgan fingerprint density at radius 2 is 1.67 bits per heavy atom. The molecule has 1 atom stereocenters. The van der Waals surface area contributed by atoms with E-state index in [1.165, 1.54) is 16.7 Å². The lowest BCUT2D eigenvalue weighted by molar-refractivity contribution is 0.413. The Bertz CT molecular complexity index is 551. The molecule has 0 aromatic heterocycles. The Labute approximate surface area is 127 Å². The molecule has 0 saturated carbocycles. The van der Waals surface area contributed by atoms with Gasteiger partial charge in [0.25, 0.3) is 0 Å². The van der Waals surface area contributed by atoms with Gasteiger partial charge in [-0.25, -0.2) is 0 Å². The number of hydrogen-bond donors (Lipinski definition) is 2. The van der Waals surface area contributed by atoms with Crippen LogP contribution in [0.4, 0.5) is 0 Å². The molecule has 0 aliphatic heterocycles. The minimum absolute atomic E-state index is 0.213. The van der Waals surface area contributed by atoms with Crippen molar-refractivity contribution in [1.29, 1.82) is 0 Å². The van der Waals surface area contributed by atoms with Crippen LogP contribution in [-0.4, -0.2) is 13.2 Å². The maximum atomic E-state index is 5.71. The van der Waals surface area contributed by atoms with Crippen molar-refractivity contribution in [2.45, 2.75) is 32.2 Å². The van der Waals surface area contributed by atoms with Crippen LogP contribution >= 0.6 is 0 Å². The molecule has 0 bridgehead atoms. The average molecular weight is 284 g/mol. The molecule has 0 saturated heterocycles. The molecule has 112 valence electrons. The van der Waals surface area contributed by atoms with Crippen LogP contribution in [0.15, 0.2) is 48.5 Å². The molecule has 3 nitrogen and oxygen atoms in total. The Morgan fingerprint density at radius 3 is 2.29 bits per heavy atom. The molecule has 0 aliphatic carbocycles. The zero-order valence-corrected chi connectivity index (χ0v) is 12.8. The summed E-state index contributed by atoms with van der Waals surface area (Å²) in [7, 11) is 1.69. The summed E-state index contributed by atoms with van der Waals surface area (Å²) in [5.74, 6) is 6.60. The minimum Gasteiger partial charge on any atom is -0.497 e. The van der Waals surface area contributed by atoms with Crippen LogP contribution in [0.1, 0.15) is 23.6 Å². The number of hydrogen-bond acceptors (Lipinski definition) is 3. The number of benzene rings is 2. The van der Waals surface area contributed by atoms with Crippen molar-refractivity contribution in [2.75, 3.05) is 7.11 Å². The largest absolute Gasteiger partial charge is 0.497 e. The minimum atomic E-state index is 0.213. The normalized spacial score (nSPS) is 12.1. The number of rotatable bonds is 7. The van der Waals surface area contributed by atoms with Crippen LogP contribution in [0, 0.1) is 0 Å². The van der Waals surface area contributed by atoms with Gasteiger partial charge in [0.1, 0.15) is 5.75 Å². The lowest BCUT2D eigenvalue weighted by atomic mass is 9.98. The molecule has 0 spiro atoms. The predicted octanol–water partition coefficient (Wildman–Crippen LogP) is 2.87. The summed E-state index contributed by atoms with van der Waals surface area (Å²) in [6.07, 6.45) is 2.86. The van der Waals surface area contributed by atoms with E-state index in [0.29, 0.717) is 0 Å². The monoisotopic (exact) mass is 284 g/mol. The first-order valence-electron chi connectivity index (χ1n) is 7.42. The van der Waals surface area contributed by atoms with Crippen LogP contribution in [0.25, 0.3) is 0 Å². The van der Waals surface area contributed by atoms with Gasteiger partial charge >= 0.3 is 0 Å². The highest BCUT2D eigenvalue weighted by atomic mass is 16.5. The highest BCUT2D eigenvalue weighted by Crippen LogP contribution is 2.15. The van der Waals surface area contributed by atoms with Gasteiger partial charge in [0.2, 0.25) is 0 Å². The van der Waals surface area contributed by atoms with E-state index in [1.54, 1.807) is 7.11 Å². The zero-order valence-electron chi connectivity index (χ0n) is 12.8. The van der Waals surface area contributed by atoms with Gasteiger partial charge in [0.15, 0.2) is 0 Å². The van der Waals surface area contributed by atoms with Crippen molar-refractivity contribution >= 4 is 0 Å². The van der Waals surface area contributed by atoms with Gasteiger partial charge < -0.3 is 4.74 Å². The number of hydrazine groups is 1. The molecule has 2 aromatic rings. The first-order valence-corrected chi connectivity index (χ1v) is 7.42. The van der Waals surface area contributed by atoms with Crippen molar-refractivity contribution in [3.8, 4) is 5.75 Å². The van der Waals surface area contributed by atoms with Crippen molar-refractivity contribution in [3.05, 3.63) is 65.2 Å². The maximum absolute atomic E-state index is 5.71. The number of aryl methyl sites for hydroxylation is 1. The fraction of sp³-hybridized carbons (Fsp3) is 0.333. The molecule has 0 aliphatic rings. The van der Waals surface area contributed by atoms with Crippen LogP contribution in [0.2, 0.25) is 0 Å². The molecule has 0 radical (unpaired) electrons. The van der Waals surface area contributed by atoms with E-state index in [4.69, 9.17) is 10.6 Å². The lowest BCUT2D eigenvalue weighted by Gasteiger charge is -2.16. The third-order valence-corrected chi connectivity index (χ3v) is 3.77. The van der Waals surface area contributed by atoms with Crippen molar-refractivity contribution in [3.63, 3.8) is 0 Å². The molecule has 1 unspecified atom stereocenters. The second-order valence-electron chi connectivity index (χ2n) is 5.29. The van der Waals surface area contributed by atoms with E-state index in [2.05, 4.69) is 48.7 Å².